The summed E-state index contributed by atoms with van der Waals surface area (Å²) in [5.41, 5.74) is 0.860. The molecular formula is C10H17NO. The van der Waals surface area contributed by atoms with Crippen molar-refractivity contribution in [1.82, 2.24) is 5.32 Å². The molecule has 1 N–H and O–H groups in total. The Morgan fingerprint density at radius 1 is 1.33 bits per heavy atom. The lowest BCUT2D eigenvalue weighted by atomic mass is 10.3. The molecule has 0 aliphatic heterocycles. The number of hydrogen-bond donors (Lipinski definition) is 1. The average Bonchev–Trinajstić information content (AvgIpc) is 2.04. The quantitative estimate of drug-likeness (QED) is 0.500. The average molecular weight is 167 g/mol. The maximum Gasteiger partial charge on any atom is 0.142 e. The van der Waals surface area contributed by atoms with Crippen molar-refractivity contribution in [3.05, 3.63) is 36.8 Å². The topological polar surface area (TPSA) is 21.3 Å². The second-order valence-corrected chi connectivity index (χ2v) is 2.60. The Bertz CT molecular complexity index is 192. The predicted octanol–water partition coefficient (Wildman–Crippen LogP) is 2.21. The minimum atomic E-state index is 0.154. The van der Waals surface area contributed by atoms with Gasteiger partial charge in [0.05, 0.1) is 11.8 Å². The molecule has 2 nitrogen and oxygen atoms in total. The summed E-state index contributed by atoms with van der Waals surface area (Å²) in [5.74, 6) is 0.738. The number of nitrogens with one attached hydrogen (secondary N) is 1. The zero-order valence-corrected chi connectivity index (χ0v) is 8.05. The van der Waals surface area contributed by atoms with E-state index in [0.29, 0.717) is 0 Å². The molecular weight excluding hydrogens is 150 g/mol. The molecule has 2 heteroatoms. The summed E-state index contributed by atoms with van der Waals surface area (Å²) in [6, 6.07) is 0. The Morgan fingerprint density at radius 3 is 2.17 bits per heavy atom. The van der Waals surface area contributed by atoms with Crippen LogP contribution in [0.4, 0.5) is 0 Å². The highest BCUT2D eigenvalue weighted by Gasteiger charge is 2.01. The van der Waals surface area contributed by atoms with E-state index >= 15 is 0 Å². The third kappa shape index (κ3) is 3.28. The van der Waals surface area contributed by atoms with Gasteiger partial charge in [-0.15, -0.1) is 0 Å². The van der Waals surface area contributed by atoms with Gasteiger partial charge in [-0.05, 0) is 26.0 Å². The van der Waals surface area contributed by atoms with Crippen LogP contribution < -0.4 is 5.32 Å². The first-order chi connectivity index (χ1) is 5.65. The summed E-state index contributed by atoms with van der Waals surface area (Å²) in [7, 11) is 1.82. The molecule has 68 valence electrons. The molecule has 0 aliphatic carbocycles. The molecule has 0 amide bonds. The van der Waals surface area contributed by atoms with Crippen molar-refractivity contribution in [2.45, 2.75) is 20.0 Å². The molecule has 0 heterocycles. The summed E-state index contributed by atoms with van der Waals surface area (Å²) >= 11 is 0. The molecule has 0 unspecified atom stereocenters. The van der Waals surface area contributed by atoms with Crippen LogP contribution in [0.15, 0.2) is 36.8 Å². The van der Waals surface area contributed by atoms with E-state index in [4.69, 9.17) is 4.74 Å². The second kappa shape index (κ2) is 5.47. The summed E-state index contributed by atoms with van der Waals surface area (Å²) in [6.07, 6.45) is 3.54. The van der Waals surface area contributed by atoms with Crippen molar-refractivity contribution in [3.63, 3.8) is 0 Å². The highest BCUT2D eigenvalue weighted by molar-refractivity contribution is 5.25. The van der Waals surface area contributed by atoms with Gasteiger partial charge in [0.15, 0.2) is 0 Å². The lowest BCUT2D eigenvalue weighted by molar-refractivity contribution is 0.155. The van der Waals surface area contributed by atoms with E-state index in [9.17, 15) is 0 Å². The molecule has 0 fully saturated rings. The van der Waals surface area contributed by atoms with E-state index < -0.39 is 0 Å². The monoisotopic (exact) mass is 167 g/mol. The fourth-order valence-electron chi connectivity index (χ4n) is 0.801. The fraction of sp³-hybridized carbons (Fsp3) is 0.400. The Hall–Kier alpha value is -1.18. The van der Waals surface area contributed by atoms with Gasteiger partial charge in [0.2, 0.25) is 0 Å². The van der Waals surface area contributed by atoms with Crippen LogP contribution in [0.1, 0.15) is 13.8 Å². The first kappa shape index (κ1) is 10.8. The highest BCUT2D eigenvalue weighted by atomic mass is 16.5. The summed E-state index contributed by atoms with van der Waals surface area (Å²) in [5, 5.41) is 2.97. The van der Waals surface area contributed by atoms with Crippen molar-refractivity contribution >= 4 is 0 Å². The van der Waals surface area contributed by atoms with Gasteiger partial charge in [-0.25, -0.2) is 0 Å². The maximum atomic E-state index is 5.47. The zero-order valence-electron chi connectivity index (χ0n) is 8.05. The molecule has 0 saturated carbocycles. The van der Waals surface area contributed by atoms with Crippen molar-refractivity contribution in [2.24, 2.45) is 0 Å². The summed E-state index contributed by atoms with van der Waals surface area (Å²) < 4.78 is 5.47. The molecule has 0 spiro atoms. The summed E-state index contributed by atoms with van der Waals surface area (Å²) in [6.45, 7) is 11.3. The number of likely N-dealkylation sites (N-methyl/N-ethyl adjacent to an activating group) is 1. The molecule has 0 atom stereocenters. The molecule has 0 aromatic carbocycles. The van der Waals surface area contributed by atoms with E-state index in [0.717, 1.165) is 11.5 Å². The first-order valence-corrected chi connectivity index (χ1v) is 3.99. The van der Waals surface area contributed by atoms with Crippen LogP contribution in [0.3, 0.4) is 0 Å². The molecule has 0 aromatic rings. The minimum absolute atomic E-state index is 0.154. The molecule has 12 heavy (non-hydrogen) atoms. The van der Waals surface area contributed by atoms with E-state index in [1.807, 2.05) is 20.9 Å². The molecule has 0 aliphatic rings. The SMILES string of the molecule is C=C/C(NC)=C(\C=C)OC(C)C. The second-order valence-electron chi connectivity index (χ2n) is 2.60. The van der Waals surface area contributed by atoms with E-state index in [2.05, 4.69) is 18.5 Å². The van der Waals surface area contributed by atoms with Crippen LogP contribution in [0, 0.1) is 0 Å². The largest absolute Gasteiger partial charge is 0.489 e. The molecule has 0 saturated heterocycles. The van der Waals surface area contributed by atoms with Crippen molar-refractivity contribution in [3.8, 4) is 0 Å². The lowest BCUT2D eigenvalue weighted by Gasteiger charge is -2.13. The van der Waals surface area contributed by atoms with Crippen LogP contribution in [-0.2, 0) is 4.74 Å². The van der Waals surface area contributed by atoms with Gasteiger partial charge >= 0.3 is 0 Å². The smallest absolute Gasteiger partial charge is 0.142 e. The normalized spacial score (nSPS) is 12.0. The number of allylic oxidation sites excluding steroid dienone is 2. The molecule has 0 rings (SSSR count). The third-order valence-corrected chi connectivity index (χ3v) is 1.29. The standard InChI is InChI=1S/C10H17NO/c1-6-9(11-5)10(7-2)12-8(3)4/h6-8,11H,1-2H2,3-5H3/b10-9-. The molecule has 0 aromatic heterocycles. The number of hydrogen-bond acceptors (Lipinski definition) is 2. The van der Waals surface area contributed by atoms with Crippen LogP contribution in [-0.4, -0.2) is 13.2 Å². The van der Waals surface area contributed by atoms with Crippen LogP contribution in [0.2, 0.25) is 0 Å². The van der Waals surface area contributed by atoms with Crippen molar-refractivity contribution in [2.75, 3.05) is 7.05 Å². The van der Waals surface area contributed by atoms with E-state index in [1.165, 1.54) is 0 Å². The minimum Gasteiger partial charge on any atom is -0.489 e. The first-order valence-electron chi connectivity index (χ1n) is 3.99. The van der Waals surface area contributed by atoms with Gasteiger partial charge in [-0.2, -0.15) is 0 Å². The van der Waals surface area contributed by atoms with Gasteiger partial charge in [-0.3, -0.25) is 0 Å². The zero-order chi connectivity index (χ0) is 9.56. The Morgan fingerprint density at radius 2 is 1.92 bits per heavy atom. The lowest BCUT2D eigenvalue weighted by Crippen LogP contribution is -2.10. The third-order valence-electron chi connectivity index (χ3n) is 1.29. The molecule has 0 bridgehead atoms. The Labute approximate surface area is 74.6 Å². The van der Waals surface area contributed by atoms with Crippen molar-refractivity contribution < 1.29 is 4.74 Å². The van der Waals surface area contributed by atoms with Crippen LogP contribution in [0.25, 0.3) is 0 Å². The van der Waals surface area contributed by atoms with Gasteiger partial charge in [0.1, 0.15) is 5.76 Å². The fourth-order valence-corrected chi connectivity index (χ4v) is 0.801. The highest BCUT2D eigenvalue weighted by Crippen LogP contribution is 2.08. The van der Waals surface area contributed by atoms with Gasteiger partial charge in [-0.1, -0.05) is 13.2 Å². The van der Waals surface area contributed by atoms with Gasteiger partial charge < -0.3 is 10.1 Å². The molecule has 0 radical (unpaired) electrons. The van der Waals surface area contributed by atoms with Crippen molar-refractivity contribution in [1.29, 1.82) is 0 Å². The van der Waals surface area contributed by atoms with Crippen LogP contribution in [0.5, 0.6) is 0 Å². The Kier molecular flexibility index (Phi) is 4.93. The van der Waals surface area contributed by atoms with Crippen LogP contribution >= 0.6 is 0 Å². The number of ether oxygens (including phenoxy) is 1. The van der Waals surface area contributed by atoms with E-state index in [-0.39, 0.29) is 6.10 Å². The van der Waals surface area contributed by atoms with Gasteiger partial charge in [0.25, 0.3) is 0 Å². The summed E-state index contributed by atoms with van der Waals surface area (Å²) in [4.78, 5) is 0. The number of rotatable bonds is 5. The predicted molar refractivity (Wildman–Crippen MR) is 52.7 cm³/mol. The van der Waals surface area contributed by atoms with E-state index in [1.54, 1.807) is 12.2 Å². The maximum absolute atomic E-state index is 5.47. The Balaban J connectivity index is 4.57. The van der Waals surface area contributed by atoms with Gasteiger partial charge in [0, 0.05) is 7.05 Å².